The first kappa shape index (κ1) is 22.6. The number of ether oxygens (including phenoxy) is 1. The van der Waals surface area contributed by atoms with Gasteiger partial charge in [0.2, 0.25) is 10.0 Å². The third-order valence-corrected chi connectivity index (χ3v) is 6.08. The molecule has 0 saturated carbocycles. The molecule has 2 aromatic rings. The van der Waals surface area contributed by atoms with Crippen LogP contribution in [0.25, 0.3) is 0 Å². The molecule has 0 radical (unpaired) electrons. The van der Waals surface area contributed by atoms with Crippen LogP contribution in [0.4, 0.5) is 5.69 Å². The van der Waals surface area contributed by atoms with E-state index in [-0.39, 0.29) is 16.4 Å². The summed E-state index contributed by atoms with van der Waals surface area (Å²) in [6.45, 7) is 5.60. The van der Waals surface area contributed by atoms with Crippen LogP contribution in [-0.2, 0) is 19.6 Å². The Hall–Kier alpha value is -2.71. The summed E-state index contributed by atoms with van der Waals surface area (Å²) in [6.07, 6.45) is -0.138. The van der Waals surface area contributed by atoms with E-state index in [1.165, 1.54) is 38.2 Å². The van der Waals surface area contributed by atoms with Gasteiger partial charge >= 0.3 is 5.97 Å². The van der Waals surface area contributed by atoms with Crippen LogP contribution in [0, 0.1) is 0 Å². The van der Waals surface area contributed by atoms with Crippen molar-refractivity contribution < 1.29 is 22.7 Å². The zero-order valence-corrected chi connectivity index (χ0v) is 17.7. The molecule has 0 spiro atoms. The highest BCUT2D eigenvalue weighted by Crippen LogP contribution is 2.26. The Bertz CT molecular complexity index is 988. The van der Waals surface area contributed by atoms with Gasteiger partial charge in [0.25, 0.3) is 5.91 Å². The van der Waals surface area contributed by atoms with E-state index in [2.05, 4.69) is 23.9 Å². The maximum Gasteiger partial charge on any atom is 0.338 e. The van der Waals surface area contributed by atoms with Crippen molar-refractivity contribution >= 4 is 27.6 Å². The number of anilines is 1. The topological polar surface area (TPSA) is 102 Å². The molecule has 0 aliphatic rings. The maximum atomic E-state index is 12.5. The lowest BCUT2D eigenvalue weighted by Crippen LogP contribution is -2.30. The fraction of sp³-hybridized carbons (Fsp3) is 0.333. The summed E-state index contributed by atoms with van der Waals surface area (Å²) in [5, 5.41) is 2.81. The zero-order chi connectivity index (χ0) is 21.6. The zero-order valence-electron chi connectivity index (χ0n) is 16.9. The van der Waals surface area contributed by atoms with Crippen molar-refractivity contribution in [1.29, 1.82) is 0 Å². The Morgan fingerprint density at radius 2 is 1.76 bits per heavy atom. The van der Waals surface area contributed by atoms with Gasteiger partial charge in [-0.05, 0) is 56.1 Å². The number of sulfonamides is 1. The largest absolute Gasteiger partial charge is 0.449 e. The highest BCUT2D eigenvalue weighted by atomic mass is 32.2. The number of esters is 1. The monoisotopic (exact) mass is 418 g/mol. The summed E-state index contributed by atoms with van der Waals surface area (Å²) in [4.78, 5) is 24.8. The van der Waals surface area contributed by atoms with Crippen LogP contribution >= 0.6 is 0 Å². The van der Waals surface area contributed by atoms with Gasteiger partial charge in [-0.2, -0.15) is 0 Å². The lowest BCUT2D eigenvalue weighted by Gasteiger charge is -2.18. The van der Waals surface area contributed by atoms with Gasteiger partial charge in [-0.3, -0.25) is 4.79 Å². The predicted octanol–water partition coefficient (Wildman–Crippen LogP) is 3.29. The van der Waals surface area contributed by atoms with Crippen molar-refractivity contribution in [1.82, 2.24) is 4.72 Å². The number of benzene rings is 2. The van der Waals surface area contributed by atoms with E-state index in [4.69, 9.17) is 4.74 Å². The van der Waals surface area contributed by atoms with E-state index in [0.29, 0.717) is 5.69 Å². The van der Waals surface area contributed by atoms with Gasteiger partial charge in [0.1, 0.15) is 0 Å². The molecule has 0 unspecified atom stereocenters. The lowest BCUT2D eigenvalue weighted by molar-refractivity contribution is -0.123. The van der Waals surface area contributed by atoms with E-state index < -0.39 is 28.0 Å². The van der Waals surface area contributed by atoms with Crippen molar-refractivity contribution in [3.05, 3.63) is 59.7 Å². The van der Waals surface area contributed by atoms with Crippen LogP contribution in [0.2, 0.25) is 0 Å². The lowest BCUT2D eigenvalue weighted by atomic mass is 9.97. The Balaban J connectivity index is 2.11. The highest BCUT2D eigenvalue weighted by Gasteiger charge is 2.22. The average molecular weight is 419 g/mol. The highest BCUT2D eigenvalue weighted by molar-refractivity contribution is 7.89. The second-order valence-corrected chi connectivity index (χ2v) is 8.56. The number of nitrogens with one attached hydrogen (secondary N) is 2. The second kappa shape index (κ2) is 9.67. The molecule has 29 heavy (non-hydrogen) atoms. The maximum absolute atomic E-state index is 12.5. The fourth-order valence-corrected chi connectivity index (χ4v) is 3.46. The van der Waals surface area contributed by atoms with Crippen LogP contribution in [0.1, 0.15) is 49.0 Å². The van der Waals surface area contributed by atoms with E-state index in [9.17, 15) is 18.0 Å². The van der Waals surface area contributed by atoms with E-state index in [0.717, 1.165) is 12.0 Å². The number of carbonyl (C=O) groups excluding carboxylic acids is 2. The minimum atomic E-state index is -3.69. The van der Waals surface area contributed by atoms with Gasteiger partial charge in [0.05, 0.1) is 10.5 Å². The molecule has 1 amide bonds. The molecule has 0 fully saturated rings. The third-order valence-electron chi connectivity index (χ3n) is 4.66. The molecule has 0 heterocycles. The fourth-order valence-electron chi connectivity index (χ4n) is 2.69. The molecule has 8 heteroatoms. The Kier molecular flexibility index (Phi) is 7.53. The second-order valence-electron chi connectivity index (χ2n) is 6.67. The summed E-state index contributed by atoms with van der Waals surface area (Å²) in [6, 6.07) is 12.9. The molecule has 0 aromatic heterocycles. The summed E-state index contributed by atoms with van der Waals surface area (Å²) in [5.74, 6) is -0.981. The van der Waals surface area contributed by atoms with Crippen LogP contribution in [-0.4, -0.2) is 33.4 Å². The Morgan fingerprint density at radius 1 is 1.07 bits per heavy atom. The number of rotatable bonds is 8. The van der Waals surface area contributed by atoms with E-state index in [1.54, 1.807) is 6.07 Å². The molecule has 2 rings (SSSR count). The molecular weight excluding hydrogens is 392 g/mol. The van der Waals surface area contributed by atoms with Crippen LogP contribution in [0.3, 0.4) is 0 Å². The van der Waals surface area contributed by atoms with Gasteiger partial charge in [-0.25, -0.2) is 17.9 Å². The Labute approximate surface area is 171 Å². The number of hydrogen-bond acceptors (Lipinski definition) is 5. The molecule has 7 nitrogen and oxygen atoms in total. The van der Waals surface area contributed by atoms with Crippen molar-refractivity contribution in [2.75, 3.05) is 12.4 Å². The molecule has 2 atom stereocenters. The molecule has 2 N–H and O–H groups in total. The molecule has 0 aliphatic carbocycles. The average Bonchev–Trinajstić information content (AvgIpc) is 2.73. The standard InChI is InChI=1S/C21H26N2O5S/c1-5-14(2)18-11-6-7-12-19(18)23-20(24)15(3)28-21(25)16-9-8-10-17(13-16)29(26,27)22-4/h6-15,22H,5H2,1-4H3,(H,23,24)/t14-,15-/m1/s1. The molecule has 0 aliphatic heterocycles. The van der Waals surface area contributed by atoms with Crippen LogP contribution in [0.15, 0.2) is 53.4 Å². The quantitative estimate of drug-likeness (QED) is 0.641. The molecule has 0 saturated heterocycles. The third kappa shape index (κ3) is 5.65. The summed E-state index contributed by atoms with van der Waals surface area (Å²) in [5.41, 5.74) is 1.73. The first-order chi connectivity index (χ1) is 13.7. The first-order valence-electron chi connectivity index (χ1n) is 9.34. The predicted molar refractivity (Wildman–Crippen MR) is 111 cm³/mol. The van der Waals surface area contributed by atoms with Crippen LogP contribution < -0.4 is 10.0 Å². The number of carbonyl (C=O) groups is 2. The van der Waals surface area contributed by atoms with Crippen molar-refractivity contribution in [2.24, 2.45) is 0 Å². The molecule has 0 bridgehead atoms. The molecular formula is C21H26N2O5S. The van der Waals surface area contributed by atoms with Gasteiger partial charge in [-0.15, -0.1) is 0 Å². The van der Waals surface area contributed by atoms with Gasteiger partial charge in [0, 0.05) is 5.69 Å². The summed E-state index contributed by atoms with van der Waals surface area (Å²) in [7, 11) is -2.41. The summed E-state index contributed by atoms with van der Waals surface area (Å²) < 4.78 is 31.2. The Morgan fingerprint density at radius 3 is 2.41 bits per heavy atom. The normalized spacial score (nSPS) is 13.4. The van der Waals surface area contributed by atoms with Gasteiger partial charge in [-0.1, -0.05) is 38.1 Å². The minimum Gasteiger partial charge on any atom is -0.449 e. The number of para-hydroxylation sites is 1. The first-order valence-corrected chi connectivity index (χ1v) is 10.8. The van der Waals surface area contributed by atoms with Crippen molar-refractivity contribution in [3.8, 4) is 0 Å². The number of amides is 1. The van der Waals surface area contributed by atoms with Crippen molar-refractivity contribution in [3.63, 3.8) is 0 Å². The van der Waals surface area contributed by atoms with E-state index in [1.807, 2.05) is 18.2 Å². The van der Waals surface area contributed by atoms with E-state index >= 15 is 0 Å². The summed E-state index contributed by atoms with van der Waals surface area (Å²) >= 11 is 0. The smallest absolute Gasteiger partial charge is 0.338 e. The van der Waals surface area contributed by atoms with Crippen LogP contribution in [0.5, 0.6) is 0 Å². The van der Waals surface area contributed by atoms with Gasteiger partial charge < -0.3 is 10.1 Å². The molecule has 2 aromatic carbocycles. The van der Waals surface area contributed by atoms with Gasteiger partial charge in [0.15, 0.2) is 6.10 Å². The van der Waals surface area contributed by atoms with Crippen molar-refractivity contribution in [2.45, 2.75) is 44.1 Å². The minimum absolute atomic E-state index is 0.0426. The SMILES string of the molecule is CC[C@@H](C)c1ccccc1NC(=O)[C@@H](C)OC(=O)c1cccc(S(=O)(=O)NC)c1. The number of hydrogen-bond donors (Lipinski definition) is 2. The molecule has 156 valence electrons.